The summed E-state index contributed by atoms with van der Waals surface area (Å²) in [6.07, 6.45) is 1.46. The minimum Gasteiger partial charge on any atom is -0.436 e. The van der Waals surface area contributed by atoms with Gasteiger partial charge in [-0.2, -0.15) is 0 Å². The second-order valence-electron chi connectivity index (χ2n) is 9.04. The van der Waals surface area contributed by atoms with Crippen LogP contribution in [0.4, 0.5) is 5.69 Å². The Bertz CT molecular complexity index is 1430. The number of hydrogen-bond donors (Lipinski definition) is 0. The molecule has 0 radical (unpaired) electrons. The summed E-state index contributed by atoms with van der Waals surface area (Å²) in [5.41, 5.74) is 3.59. The highest BCUT2D eigenvalue weighted by Gasteiger charge is 2.44. The first-order chi connectivity index (χ1) is 17.9. The fourth-order valence-electron chi connectivity index (χ4n) is 4.63. The number of imide groups is 1. The van der Waals surface area contributed by atoms with E-state index in [1.54, 1.807) is 35.2 Å². The number of aromatic nitrogens is 1. The van der Waals surface area contributed by atoms with Crippen LogP contribution in [0, 0.1) is 0 Å². The van der Waals surface area contributed by atoms with Crippen molar-refractivity contribution in [2.24, 2.45) is 0 Å². The van der Waals surface area contributed by atoms with Crippen molar-refractivity contribution in [3.8, 4) is 11.5 Å². The zero-order chi connectivity index (χ0) is 25.9. The van der Waals surface area contributed by atoms with E-state index in [1.807, 2.05) is 49.4 Å². The number of halogens is 1. The Hall–Kier alpha value is -3.97. The standard InChI is InChI=1S/C29H26ClN3O4/c1-2-6-26(34)32(16-15-19-7-5-8-21(30)17-19)24-18-27(35)33(29(24)36)22-13-11-20(12-14-22)28-31-23-9-3-4-10-25(23)37-28/h3-5,7-14,17,24H,2,6,15-16,18H2,1H3. The topological polar surface area (TPSA) is 83.7 Å². The molecule has 0 N–H and O–H groups in total. The molecule has 1 fully saturated rings. The summed E-state index contributed by atoms with van der Waals surface area (Å²) in [5.74, 6) is -0.400. The highest BCUT2D eigenvalue weighted by molar-refractivity contribution is 6.30. The van der Waals surface area contributed by atoms with Gasteiger partial charge in [-0.3, -0.25) is 14.4 Å². The first-order valence-corrected chi connectivity index (χ1v) is 12.7. The SMILES string of the molecule is CCCC(=O)N(CCc1cccc(Cl)c1)C1CC(=O)N(c2ccc(-c3nc4ccccc4o3)cc2)C1=O. The quantitative estimate of drug-likeness (QED) is 0.283. The van der Waals surface area contributed by atoms with E-state index >= 15 is 0 Å². The number of anilines is 1. The molecule has 5 rings (SSSR count). The van der Waals surface area contributed by atoms with Gasteiger partial charge >= 0.3 is 0 Å². The van der Waals surface area contributed by atoms with Gasteiger partial charge in [0.2, 0.25) is 17.7 Å². The van der Waals surface area contributed by atoms with Crippen LogP contribution in [0.1, 0.15) is 31.7 Å². The van der Waals surface area contributed by atoms with Crippen molar-refractivity contribution in [2.45, 2.75) is 38.6 Å². The summed E-state index contributed by atoms with van der Waals surface area (Å²) in [7, 11) is 0. The zero-order valence-electron chi connectivity index (χ0n) is 20.4. The molecule has 188 valence electrons. The van der Waals surface area contributed by atoms with Crippen molar-refractivity contribution in [2.75, 3.05) is 11.4 Å². The van der Waals surface area contributed by atoms with Crippen molar-refractivity contribution >= 4 is 46.1 Å². The van der Waals surface area contributed by atoms with Gasteiger partial charge in [0.25, 0.3) is 5.91 Å². The molecular formula is C29H26ClN3O4. The van der Waals surface area contributed by atoms with Gasteiger partial charge in [-0.1, -0.05) is 42.8 Å². The number of carbonyl (C=O) groups is 3. The molecule has 3 aromatic carbocycles. The van der Waals surface area contributed by atoms with E-state index in [0.717, 1.165) is 16.6 Å². The number of para-hydroxylation sites is 2. The molecule has 0 aliphatic carbocycles. The summed E-state index contributed by atoms with van der Waals surface area (Å²) in [6, 6.07) is 21.0. The third-order valence-electron chi connectivity index (χ3n) is 6.48. The molecular weight excluding hydrogens is 490 g/mol. The van der Waals surface area contributed by atoms with Crippen LogP contribution in [0.2, 0.25) is 5.02 Å². The number of amides is 3. The highest BCUT2D eigenvalue weighted by atomic mass is 35.5. The Balaban J connectivity index is 1.35. The van der Waals surface area contributed by atoms with Gasteiger partial charge in [0, 0.05) is 23.6 Å². The summed E-state index contributed by atoms with van der Waals surface area (Å²) in [5, 5.41) is 0.614. The van der Waals surface area contributed by atoms with Crippen LogP contribution in [0.25, 0.3) is 22.6 Å². The molecule has 1 atom stereocenters. The monoisotopic (exact) mass is 515 g/mol. The lowest BCUT2D eigenvalue weighted by Gasteiger charge is -2.28. The Kier molecular flexibility index (Phi) is 7.06. The number of benzene rings is 3. The van der Waals surface area contributed by atoms with Crippen molar-refractivity contribution in [1.82, 2.24) is 9.88 Å². The lowest BCUT2D eigenvalue weighted by Crippen LogP contribution is -2.46. The van der Waals surface area contributed by atoms with Crippen molar-refractivity contribution in [1.29, 1.82) is 0 Å². The molecule has 0 spiro atoms. The second kappa shape index (κ2) is 10.6. The fraction of sp³-hybridized carbons (Fsp3) is 0.241. The first-order valence-electron chi connectivity index (χ1n) is 12.3. The molecule has 0 saturated carbocycles. The average Bonchev–Trinajstić information content (AvgIpc) is 3.45. The van der Waals surface area contributed by atoms with E-state index in [-0.39, 0.29) is 18.2 Å². The van der Waals surface area contributed by atoms with Crippen LogP contribution in [-0.2, 0) is 20.8 Å². The number of nitrogens with zero attached hydrogens (tertiary/aromatic N) is 3. The van der Waals surface area contributed by atoms with Gasteiger partial charge in [-0.25, -0.2) is 9.88 Å². The molecule has 3 amide bonds. The lowest BCUT2D eigenvalue weighted by molar-refractivity contribution is -0.138. The van der Waals surface area contributed by atoms with E-state index in [1.165, 1.54) is 4.90 Å². The molecule has 4 aromatic rings. The Morgan fingerprint density at radius 1 is 1.08 bits per heavy atom. The van der Waals surface area contributed by atoms with E-state index in [9.17, 15) is 14.4 Å². The van der Waals surface area contributed by atoms with Crippen molar-refractivity contribution in [3.05, 3.63) is 83.4 Å². The van der Waals surface area contributed by atoms with Gasteiger partial charge in [0.05, 0.1) is 12.1 Å². The van der Waals surface area contributed by atoms with Gasteiger partial charge < -0.3 is 9.32 Å². The molecule has 1 unspecified atom stereocenters. The molecule has 37 heavy (non-hydrogen) atoms. The molecule has 1 aromatic heterocycles. The van der Waals surface area contributed by atoms with E-state index in [4.69, 9.17) is 16.0 Å². The molecule has 2 heterocycles. The number of carbonyl (C=O) groups excluding carboxylic acids is 3. The number of oxazole rings is 1. The van der Waals surface area contributed by atoms with Crippen LogP contribution in [0.5, 0.6) is 0 Å². The Morgan fingerprint density at radius 2 is 1.86 bits per heavy atom. The largest absolute Gasteiger partial charge is 0.436 e. The minimum absolute atomic E-state index is 0.0449. The van der Waals surface area contributed by atoms with Crippen LogP contribution in [0.15, 0.2) is 77.2 Å². The molecule has 8 heteroatoms. The summed E-state index contributed by atoms with van der Waals surface area (Å²) in [4.78, 5) is 46.7. The Labute approximate surface area is 219 Å². The van der Waals surface area contributed by atoms with Gasteiger partial charge in [0.1, 0.15) is 11.6 Å². The predicted molar refractivity (Wildman–Crippen MR) is 142 cm³/mol. The van der Waals surface area contributed by atoms with Gasteiger partial charge in [0.15, 0.2) is 5.58 Å². The van der Waals surface area contributed by atoms with Crippen LogP contribution in [0.3, 0.4) is 0 Å². The van der Waals surface area contributed by atoms with E-state index in [0.29, 0.717) is 48.0 Å². The molecule has 1 aliphatic rings. The third-order valence-corrected chi connectivity index (χ3v) is 6.72. The summed E-state index contributed by atoms with van der Waals surface area (Å²) >= 11 is 6.10. The normalized spacial score (nSPS) is 15.5. The average molecular weight is 516 g/mol. The molecule has 1 saturated heterocycles. The maximum absolute atomic E-state index is 13.5. The van der Waals surface area contributed by atoms with Crippen LogP contribution >= 0.6 is 11.6 Å². The molecule has 7 nitrogen and oxygen atoms in total. The van der Waals surface area contributed by atoms with Gasteiger partial charge in [-0.05, 0) is 66.9 Å². The van der Waals surface area contributed by atoms with E-state index < -0.39 is 11.9 Å². The lowest BCUT2D eigenvalue weighted by atomic mass is 10.1. The van der Waals surface area contributed by atoms with Crippen LogP contribution in [-0.4, -0.2) is 40.2 Å². The predicted octanol–water partition coefficient (Wildman–Crippen LogP) is 5.65. The molecule has 1 aliphatic heterocycles. The van der Waals surface area contributed by atoms with Crippen molar-refractivity contribution in [3.63, 3.8) is 0 Å². The zero-order valence-corrected chi connectivity index (χ0v) is 21.1. The summed E-state index contributed by atoms with van der Waals surface area (Å²) < 4.78 is 5.82. The first kappa shape index (κ1) is 24.7. The number of hydrogen-bond acceptors (Lipinski definition) is 5. The maximum Gasteiger partial charge on any atom is 0.257 e. The number of fused-ring (bicyclic) bond motifs is 1. The van der Waals surface area contributed by atoms with E-state index in [2.05, 4.69) is 4.98 Å². The fourth-order valence-corrected chi connectivity index (χ4v) is 4.85. The second-order valence-corrected chi connectivity index (χ2v) is 9.47. The molecule has 0 bridgehead atoms. The van der Waals surface area contributed by atoms with Crippen LogP contribution < -0.4 is 4.90 Å². The smallest absolute Gasteiger partial charge is 0.257 e. The summed E-state index contributed by atoms with van der Waals surface area (Å²) in [6.45, 7) is 2.24. The maximum atomic E-state index is 13.5. The highest BCUT2D eigenvalue weighted by Crippen LogP contribution is 2.30. The third kappa shape index (κ3) is 5.13. The van der Waals surface area contributed by atoms with Crippen molar-refractivity contribution < 1.29 is 18.8 Å². The minimum atomic E-state index is -0.831. The van der Waals surface area contributed by atoms with Gasteiger partial charge in [-0.15, -0.1) is 0 Å². The number of rotatable bonds is 8. The Morgan fingerprint density at radius 3 is 2.59 bits per heavy atom.